The lowest BCUT2D eigenvalue weighted by molar-refractivity contribution is -0.936. The molecule has 2 aromatic rings. The van der Waals surface area contributed by atoms with Crippen LogP contribution in [0.25, 0.3) is 0 Å². The topological polar surface area (TPSA) is 46.5 Å². The molecular formula is C24H32NO3+. The quantitative estimate of drug-likeness (QED) is 0.557. The second-order valence-corrected chi connectivity index (χ2v) is 7.74. The number of carbonyl (C=O) groups excluding carboxylic acids is 1. The molecule has 0 amide bonds. The lowest BCUT2D eigenvalue weighted by atomic mass is 9.86. The highest BCUT2D eigenvalue weighted by Crippen LogP contribution is 2.32. The van der Waals surface area contributed by atoms with Crippen LogP contribution in [0.5, 0.6) is 0 Å². The van der Waals surface area contributed by atoms with E-state index in [1.807, 2.05) is 36.4 Å². The lowest BCUT2D eigenvalue weighted by Crippen LogP contribution is -2.51. The second-order valence-electron chi connectivity index (χ2n) is 7.74. The van der Waals surface area contributed by atoms with Gasteiger partial charge in [0.05, 0.1) is 32.3 Å². The summed E-state index contributed by atoms with van der Waals surface area (Å²) >= 11 is 0. The highest BCUT2D eigenvalue weighted by Gasteiger charge is 2.43. The monoisotopic (exact) mass is 382 g/mol. The van der Waals surface area contributed by atoms with Crippen molar-refractivity contribution < 1.29 is 19.1 Å². The summed E-state index contributed by atoms with van der Waals surface area (Å²) in [6, 6.07) is 18.6. The van der Waals surface area contributed by atoms with Gasteiger partial charge in [0.15, 0.2) is 0 Å². The fourth-order valence-corrected chi connectivity index (χ4v) is 4.73. The number of nitrogens with zero attached hydrogens (tertiary/aromatic N) is 1. The molecule has 1 fully saturated rings. The molecule has 1 N–H and O–H groups in total. The molecule has 0 radical (unpaired) electrons. The van der Waals surface area contributed by atoms with Crippen molar-refractivity contribution in [2.75, 3.05) is 26.2 Å². The molecule has 0 bridgehead atoms. The van der Waals surface area contributed by atoms with E-state index in [2.05, 4.69) is 13.8 Å². The van der Waals surface area contributed by atoms with Gasteiger partial charge in [-0.3, -0.25) is 0 Å². The number of quaternary nitrogens is 1. The Hall–Kier alpha value is -2.17. The maximum absolute atomic E-state index is 13.1. The molecule has 3 rings (SSSR count). The van der Waals surface area contributed by atoms with Gasteiger partial charge in [0, 0.05) is 19.3 Å². The van der Waals surface area contributed by atoms with Gasteiger partial charge in [-0.25, -0.2) is 4.79 Å². The van der Waals surface area contributed by atoms with Crippen LogP contribution in [0, 0.1) is 0 Å². The van der Waals surface area contributed by atoms with Crippen molar-refractivity contribution in [3.8, 4) is 0 Å². The Morgan fingerprint density at radius 1 is 1.04 bits per heavy atom. The third-order valence-corrected chi connectivity index (χ3v) is 6.54. The van der Waals surface area contributed by atoms with E-state index in [1.54, 1.807) is 24.3 Å². The van der Waals surface area contributed by atoms with Crippen LogP contribution in [0.15, 0.2) is 60.7 Å². The van der Waals surface area contributed by atoms with Gasteiger partial charge in [0.25, 0.3) is 0 Å². The molecule has 2 aromatic carbocycles. The Morgan fingerprint density at radius 3 is 2.07 bits per heavy atom. The van der Waals surface area contributed by atoms with Gasteiger partial charge in [-0.2, -0.15) is 0 Å². The fraction of sp³-hybridized carbons (Fsp3) is 0.458. The van der Waals surface area contributed by atoms with Crippen LogP contribution in [0.3, 0.4) is 0 Å². The highest BCUT2D eigenvalue weighted by atomic mass is 16.5. The first-order valence-electron chi connectivity index (χ1n) is 10.4. The number of likely N-dealkylation sites (tertiary alicyclic amines) is 1. The van der Waals surface area contributed by atoms with Crippen molar-refractivity contribution in [2.24, 2.45) is 0 Å². The van der Waals surface area contributed by atoms with Crippen LogP contribution in [-0.2, 0) is 15.1 Å². The molecule has 1 aliphatic heterocycles. The summed E-state index contributed by atoms with van der Waals surface area (Å²) in [7, 11) is 0. The van der Waals surface area contributed by atoms with E-state index in [0.29, 0.717) is 23.8 Å². The second kappa shape index (κ2) is 8.89. The number of esters is 1. The molecule has 1 saturated heterocycles. The summed E-state index contributed by atoms with van der Waals surface area (Å²) in [5, 5.41) is 11.4. The summed E-state index contributed by atoms with van der Waals surface area (Å²) in [5.41, 5.74) is -0.738. The molecule has 0 spiro atoms. The fourth-order valence-electron chi connectivity index (χ4n) is 4.73. The van der Waals surface area contributed by atoms with Gasteiger partial charge in [-0.05, 0) is 25.0 Å². The molecule has 0 saturated carbocycles. The molecule has 1 unspecified atom stereocenters. The number of hydrogen-bond acceptors (Lipinski definition) is 3. The number of benzene rings is 2. The third-order valence-electron chi connectivity index (χ3n) is 6.54. The van der Waals surface area contributed by atoms with Gasteiger partial charge in [-0.15, -0.1) is 0 Å². The van der Waals surface area contributed by atoms with Gasteiger partial charge >= 0.3 is 5.97 Å². The van der Waals surface area contributed by atoms with Crippen molar-refractivity contribution in [1.82, 2.24) is 0 Å². The molecule has 1 heterocycles. The van der Waals surface area contributed by atoms with Gasteiger partial charge in [-0.1, -0.05) is 60.7 Å². The Bertz CT molecular complexity index is 716. The van der Waals surface area contributed by atoms with Crippen LogP contribution in [-0.4, -0.2) is 47.8 Å². The number of ether oxygens (including phenoxy) is 1. The summed E-state index contributed by atoms with van der Waals surface area (Å²) in [4.78, 5) is 13.1. The molecule has 150 valence electrons. The number of rotatable bonds is 8. The first kappa shape index (κ1) is 20.6. The summed E-state index contributed by atoms with van der Waals surface area (Å²) in [6.07, 6.45) is 3.26. The molecule has 4 heteroatoms. The zero-order valence-corrected chi connectivity index (χ0v) is 17.0. The number of aliphatic hydroxyl groups is 1. The maximum Gasteiger partial charge on any atom is 0.347 e. The van der Waals surface area contributed by atoms with E-state index >= 15 is 0 Å². The maximum atomic E-state index is 13.1. The predicted molar refractivity (Wildman–Crippen MR) is 111 cm³/mol. The molecule has 0 aliphatic carbocycles. The van der Waals surface area contributed by atoms with Crippen molar-refractivity contribution >= 4 is 5.97 Å². The van der Waals surface area contributed by atoms with Gasteiger partial charge < -0.3 is 14.3 Å². The Balaban J connectivity index is 1.74. The molecule has 1 aliphatic rings. The largest absolute Gasteiger partial charge is 0.463 e. The zero-order valence-electron chi connectivity index (χ0n) is 17.0. The molecule has 4 nitrogen and oxygen atoms in total. The SMILES string of the molecule is CC[N+]1(CC)CCCC1CCOC(=O)C(O)(c1ccccc1)c1ccccc1. The minimum atomic E-state index is -1.79. The van der Waals surface area contributed by atoms with Gasteiger partial charge in [0.1, 0.15) is 0 Å². The first-order valence-corrected chi connectivity index (χ1v) is 10.4. The van der Waals surface area contributed by atoms with E-state index in [0.717, 1.165) is 24.0 Å². The first-order chi connectivity index (χ1) is 13.6. The minimum Gasteiger partial charge on any atom is -0.463 e. The number of carbonyl (C=O) groups is 1. The zero-order chi connectivity index (χ0) is 20.0. The van der Waals surface area contributed by atoms with Gasteiger partial charge in [0.2, 0.25) is 5.60 Å². The van der Waals surface area contributed by atoms with Crippen LogP contribution in [0.2, 0.25) is 0 Å². The van der Waals surface area contributed by atoms with Crippen molar-refractivity contribution in [3.63, 3.8) is 0 Å². The summed E-state index contributed by atoms with van der Waals surface area (Å²) < 4.78 is 6.77. The summed E-state index contributed by atoms with van der Waals surface area (Å²) in [6.45, 7) is 8.28. The smallest absolute Gasteiger partial charge is 0.347 e. The van der Waals surface area contributed by atoms with E-state index in [1.165, 1.54) is 19.4 Å². The normalized spacial score (nSPS) is 18.8. The Morgan fingerprint density at radius 2 is 1.57 bits per heavy atom. The van der Waals surface area contributed by atoms with E-state index < -0.39 is 11.6 Å². The Labute approximate surface area is 168 Å². The van der Waals surface area contributed by atoms with E-state index in [9.17, 15) is 9.90 Å². The van der Waals surface area contributed by atoms with Crippen molar-refractivity contribution in [1.29, 1.82) is 0 Å². The molecule has 0 aromatic heterocycles. The number of hydrogen-bond donors (Lipinski definition) is 1. The van der Waals surface area contributed by atoms with Crippen molar-refractivity contribution in [2.45, 2.75) is 44.8 Å². The molecule has 1 atom stereocenters. The predicted octanol–water partition coefficient (Wildman–Crippen LogP) is 3.87. The third kappa shape index (κ3) is 3.85. The average molecular weight is 383 g/mol. The standard InChI is InChI=1S/C24H32NO3/c1-3-25(4-2)18-11-16-22(25)17-19-28-23(26)24(27,20-12-7-5-8-13-20)21-14-9-6-10-15-21/h5-10,12-15,22,27H,3-4,11,16-19H2,1-2H3/q+1. The summed E-state index contributed by atoms with van der Waals surface area (Å²) in [5.74, 6) is -0.603. The van der Waals surface area contributed by atoms with Crippen LogP contribution in [0.1, 0.15) is 44.2 Å². The molecule has 28 heavy (non-hydrogen) atoms. The van der Waals surface area contributed by atoms with Crippen molar-refractivity contribution in [3.05, 3.63) is 71.8 Å². The van der Waals surface area contributed by atoms with Crippen LogP contribution >= 0.6 is 0 Å². The van der Waals surface area contributed by atoms with E-state index in [-0.39, 0.29) is 0 Å². The van der Waals surface area contributed by atoms with E-state index in [4.69, 9.17) is 4.74 Å². The molecular weight excluding hydrogens is 350 g/mol. The minimum absolute atomic E-state index is 0.339. The van der Waals surface area contributed by atoms with Crippen LogP contribution < -0.4 is 0 Å². The van der Waals surface area contributed by atoms with Crippen LogP contribution in [0.4, 0.5) is 0 Å². The highest BCUT2D eigenvalue weighted by molar-refractivity contribution is 5.85. The average Bonchev–Trinajstić information content (AvgIpc) is 3.17. The Kier molecular flexibility index (Phi) is 6.53. The lowest BCUT2D eigenvalue weighted by Gasteiger charge is -2.38.